The van der Waals surface area contributed by atoms with E-state index in [1.54, 1.807) is 5.38 Å². The van der Waals surface area contributed by atoms with Crippen LogP contribution < -0.4 is 19.9 Å². The van der Waals surface area contributed by atoms with Crippen molar-refractivity contribution in [2.24, 2.45) is 0 Å². The average Bonchev–Trinajstić information content (AvgIpc) is 2.94. The molecule has 2 aromatic rings. The number of thiazole rings is 1. The molecule has 0 radical (unpaired) electrons. The van der Waals surface area contributed by atoms with Gasteiger partial charge in [-0.3, -0.25) is 0 Å². The van der Waals surface area contributed by atoms with E-state index in [-0.39, 0.29) is 6.42 Å². The lowest BCUT2D eigenvalue weighted by Gasteiger charge is -2.12. The molecule has 23 heavy (non-hydrogen) atoms. The predicted molar refractivity (Wildman–Crippen MR) is 86.9 cm³/mol. The molecule has 1 aromatic carbocycles. The normalized spacial score (nSPS) is 10.3. The molecular formula is C16H19N2O4S-. The highest BCUT2D eigenvalue weighted by Crippen LogP contribution is 2.29. The summed E-state index contributed by atoms with van der Waals surface area (Å²) < 4.78 is 11.1. The van der Waals surface area contributed by atoms with Gasteiger partial charge in [0.2, 0.25) is 0 Å². The van der Waals surface area contributed by atoms with Gasteiger partial charge in [0.25, 0.3) is 0 Å². The Kier molecular flexibility index (Phi) is 6.22. The van der Waals surface area contributed by atoms with E-state index in [0.29, 0.717) is 36.3 Å². The monoisotopic (exact) mass is 335 g/mol. The van der Waals surface area contributed by atoms with Crippen LogP contribution >= 0.6 is 11.3 Å². The molecule has 0 fully saturated rings. The number of carboxylic acid groups (broad SMARTS) is 1. The second-order valence-electron chi connectivity index (χ2n) is 4.69. The number of anilines is 1. The third-order valence-electron chi connectivity index (χ3n) is 2.93. The van der Waals surface area contributed by atoms with Gasteiger partial charge in [0.1, 0.15) is 0 Å². The van der Waals surface area contributed by atoms with Gasteiger partial charge in [0.05, 0.1) is 18.9 Å². The lowest BCUT2D eigenvalue weighted by molar-refractivity contribution is -0.304. The Balaban J connectivity index is 2.00. The Hall–Kier alpha value is -2.28. The van der Waals surface area contributed by atoms with E-state index in [4.69, 9.17) is 9.47 Å². The van der Waals surface area contributed by atoms with E-state index in [9.17, 15) is 9.90 Å². The Bertz CT molecular complexity index is 657. The molecule has 0 bridgehead atoms. The minimum atomic E-state index is -1.13. The van der Waals surface area contributed by atoms with E-state index in [0.717, 1.165) is 11.3 Å². The molecular weight excluding hydrogens is 316 g/mol. The zero-order valence-corrected chi connectivity index (χ0v) is 13.9. The van der Waals surface area contributed by atoms with E-state index < -0.39 is 5.97 Å². The van der Waals surface area contributed by atoms with Gasteiger partial charge in [-0.1, -0.05) is 6.07 Å². The Morgan fingerprint density at radius 1 is 1.26 bits per heavy atom. The number of carbonyl (C=O) groups excluding carboxylic acids is 1. The first-order valence-corrected chi connectivity index (χ1v) is 8.27. The van der Waals surface area contributed by atoms with Crippen LogP contribution in [0.2, 0.25) is 0 Å². The van der Waals surface area contributed by atoms with Crippen LogP contribution in [0.5, 0.6) is 11.5 Å². The quantitative estimate of drug-likeness (QED) is 0.753. The summed E-state index contributed by atoms with van der Waals surface area (Å²) in [6, 6.07) is 5.77. The van der Waals surface area contributed by atoms with E-state index in [1.165, 1.54) is 11.3 Å². The van der Waals surface area contributed by atoms with Gasteiger partial charge in [-0.2, -0.15) is 0 Å². The van der Waals surface area contributed by atoms with Gasteiger partial charge in [0.15, 0.2) is 16.6 Å². The number of carbonyl (C=O) groups is 1. The second kappa shape index (κ2) is 8.38. The molecule has 1 N–H and O–H groups in total. The lowest BCUT2D eigenvalue weighted by atomic mass is 10.2. The lowest BCUT2D eigenvalue weighted by Crippen LogP contribution is -2.24. The minimum Gasteiger partial charge on any atom is -0.550 e. The van der Waals surface area contributed by atoms with Crippen molar-refractivity contribution in [2.45, 2.75) is 26.8 Å². The Labute approximate surface area is 139 Å². The molecule has 0 aliphatic rings. The number of benzene rings is 1. The number of nitrogens with one attached hydrogen (secondary N) is 1. The highest BCUT2D eigenvalue weighted by molar-refractivity contribution is 7.13. The first-order valence-electron chi connectivity index (χ1n) is 7.39. The van der Waals surface area contributed by atoms with Crippen molar-refractivity contribution in [3.05, 3.63) is 34.8 Å². The van der Waals surface area contributed by atoms with Crippen LogP contribution in [0.3, 0.4) is 0 Å². The molecule has 0 saturated heterocycles. The van der Waals surface area contributed by atoms with Crippen molar-refractivity contribution in [3.63, 3.8) is 0 Å². The van der Waals surface area contributed by atoms with Crippen LogP contribution in [-0.4, -0.2) is 24.2 Å². The molecule has 0 amide bonds. The summed E-state index contributed by atoms with van der Waals surface area (Å²) >= 11 is 1.37. The summed E-state index contributed by atoms with van der Waals surface area (Å²) in [6.07, 6.45) is -0.171. The van der Waals surface area contributed by atoms with Crippen LogP contribution in [0.1, 0.15) is 25.1 Å². The molecule has 124 valence electrons. The van der Waals surface area contributed by atoms with E-state index >= 15 is 0 Å². The van der Waals surface area contributed by atoms with E-state index in [2.05, 4.69) is 10.3 Å². The summed E-state index contributed by atoms with van der Waals surface area (Å²) in [5, 5.41) is 16.1. The Morgan fingerprint density at radius 3 is 2.70 bits per heavy atom. The van der Waals surface area contributed by atoms with Gasteiger partial charge in [-0.25, -0.2) is 4.98 Å². The zero-order chi connectivity index (χ0) is 16.7. The molecule has 1 aromatic heterocycles. The number of aliphatic carboxylic acids is 1. The number of rotatable bonds is 9. The number of hydrogen-bond donors (Lipinski definition) is 1. The maximum atomic E-state index is 10.5. The molecule has 0 aliphatic heterocycles. The van der Waals surface area contributed by atoms with Crippen LogP contribution in [0.25, 0.3) is 0 Å². The molecule has 2 rings (SSSR count). The highest BCUT2D eigenvalue weighted by atomic mass is 32.1. The number of hydrogen-bond acceptors (Lipinski definition) is 7. The third-order valence-corrected chi connectivity index (χ3v) is 3.78. The fraction of sp³-hybridized carbons (Fsp3) is 0.375. The maximum absolute atomic E-state index is 10.5. The van der Waals surface area contributed by atoms with Crippen LogP contribution in [0.15, 0.2) is 23.6 Å². The number of carboxylic acids is 1. The zero-order valence-electron chi connectivity index (χ0n) is 13.1. The largest absolute Gasteiger partial charge is 0.550 e. The Morgan fingerprint density at radius 2 is 2.00 bits per heavy atom. The van der Waals surface area contributed by atoms with Crippen molar-refractivity contribution in [1.82, 2.24) is 4.98 Å². The molecule has 0 unspecified atom stereocenters. The molecule has 0 atom stereocenters. The van der Waals surface area contributed by atoms with Crippen molar-refractivity contribution < 1.29 is 19.4 Å². The van der Waals surface area contributed by atoms with E-state index in [1.807, 2.05) is 32.0 Å². The summed E-state index contributed by atoms with van der Waals surface area (Å²) in [5.41, 5.74) is 1.52. The van der Waals surface area contributed by atoms with Gasteiger partial charge in [0, 0.05) is 24.3 Å². The van der Waals surface area contributed by atoms with Gasteiger partial charge >= 0.3 is 0 Å². The molecule has 6 nitrogen and oxygen atoms in total. The fourth-order valence-electron chi connectivity index (χ4n) is 2.00. The summed E-state index contributed by atoms with van der Waals surface area (Å²) in [5.74, 6) is 0.309. The molecule has 0 aliphatic carbocycles. The minimum absolute atomic E-state index is 0.171. The number of aromatic nitrogens is 1. The molecule has 0 spiro atoms. The first-order chi connectivity index (χ1) is 11.1. The van der Waals surface area contributed by atoms with Crippen molar-refractivity contribution >= 4 is 22.4 Å². The average molecular weight is 335 g/mol. The van der Waals surface area contributed by atoms with Crippen molar-refractivity contribution in [1.29, 1.82) is 0 Å². The highest BCUT2D eigenvalue weighted by Gasteiger charge is 2.07. The van der Waals surface area contributed by atoms with Crippen LogP contribution in [-0.2, 0) is 17.8 Å². The fourth-order valence-corrected chi connectivity index (χ4v) is 2.71. The topological polar surface area (TPSA) is 83.5 Å². The molecule has 1 heterocycles. The summed E-state index contributed by atoms with van der Waals surface area (Å²) in [7, 11) is 0. The van der Waals surface area contributed by atoms with Crippen molar-refractivity contribution in [3.8, 4) is 11.5 Å². The third kappa shape index (κ3) is 5.14. The predicted octanol–water partition coefficient (Wildman–Crippen LogP) is 1.84. The second-order valence-corrected chi connectivity index (χ2v) is 5.55. The number of nitrogens with zero attached hydrogens (tertiary/aromatic N) is 1. The SMILES string of the molecule is CCOc1ccc(CNc2nc(CC(=O)[O-])cs2)cc1OCC. The molecule has 7 heteroatoms. The van der Waals surface area contributed by atoms with Gasteiger partial charge in [-0.05, 0) is 31.5 Å². The van der Waals surface area contributed by atoms with Crippen LogP contribution in [0.4, 0.5) is 5.13 Å². The number of ether oxygens (including phenoxy) is 2. The van der Waals surface area contributed by atoms with Crippen molar-refractivity contribution in [2.75, 3.05) is 18.5 Å². The van der Waals surface area contributed by atoms with Crippen LogP contribution in [0, 0.1) is 0 Å². The maximum Gasteiger partial charge on any atom is 0.183 e. The smallest absolute Gasteiger partial charge is 0.183 e. The standard InChI is InChI=1S/C16H20N2O4S/c1-3-21-13-6-5-11(7-14(13)22-4-2)9-17-16-18-12(10-23-16)8-15(19)20/h5-7,10H,3-4,8-9H2,1-2H3,(H,17,18)(H,19,20)/p-1. The first kappa shape index (κ1) is 17.1. The summed E-state index contributed by atoms with van der Waals surface area (Å²) in [4.78, 5) is 14.8. The van der Waals surface area contributed by atoms with Gasteiger partial charge < -0.3 is 24.7 Å². The molecule has 0 saturated carbocycles. The summed E-state index contributed by atoms with van der Waals surface area (Å²) in [6.45, 7) is 5.56. The van der Waals surface area contributed by atoms with Gasteiger partial charge in [-0.15, -0.1) is 11.3 Å².